The number of methoxy groups -OCH3 is 1. The lowest BCUT2D eigenvalue weighted by atomic mass is 9.56. The van der Waals surface area contributed by atoms with Crippen molar-refractivity contribution in [2.24, 2.45) is 5.41 Å². The maximum absolute atomic E-state index is 13.0. The molecule has 1 fully saturated rings. The standard InChI is InChI=1S/C21H17N3O7/c1-31-20(26)21(12-22)18(13-4-2-6-15(8-13)23(27)28)10-17(25)11-19(21)14-5-3-7-16(9-14)24(29)30/h2-9,18-19H,10-11H2,1H3/t18-,19+,21?. The number of hydrogen-bond donors (Lipinski definition) is 0. The summed E-state index contributed by atoms with van der Waals surface area (Å²) in [6.45, 7) is 0. The molecule has 1 aliphatic rings. The molecule has 2 aromatic carbocycles. The molecular weight excluding hydrogens is 406 g/mol. The Morgan fingerprint density at radius 2 is 1.48 bits per heavy atom. The Morgan fingerprint density at radius 1 is 1.03 bits per heavy atom. The van der Waals surface area contributed by atoms with Crippen molar-refractivity contribution in [1.82, 2.24) is 0 Å². The number of carbonyl (C=O) groups is 2. The predicted molar refractivity (Wildman–Crippen MR) is 106 cm³/mol. The third-order valence-corrected chi connectivity index (χ3v) is 5.64. The molecule has 10 heteroatoms. The molecule has 0 saturated heterocycles. The molecule has 158 valence electrons. The first kappa shape index (κ1) is 21.6. The highest BCUT2D eigenvalue weighted by atomic mass is 16.6. The fraction of sp³-hybridized carbons (Fsp3) is 0.286. The van der Waals surface area contributed by atoms with Crippen LogP contribution >= 0.6 is 0 Å². The fourth-order valence-electron chi connectivity index (χ4n) is 4.23. The number of ether oxygens (including phenoxy) is 1. The van der Waals surface area contributed by atoms with Crippen molar-refractivity contribution in [3.63, 3.8) is 0 Å². The zero-order valence-corrected chi connectivity index (χ0v) is 16.4. The summed E-state index contributed by atoms with van der Waals surface area (Å²) in [6.07, 6.45) is -0.398. The van der Waals surface area contributed by atoms with Crippen LogP contribution in [0.4, 0.5) is 11.4 Å². The normalized spacial score (nSPS) is 22.9. The van der Waals surface area contributed by atoms with E-state index in [1.54, 1.807) is 0 Å². The van der Waals surface area contributed by atoms with Gasteiger partial charge in [-0.15, -0.1) is 0 Å². The molecule has 0 heterocycles. The number of nitriles is 1. The topological polar surface area (TPSA) is 153 Å². The van der Waals surface area contributed by atoms with Gasteiger partial charge in [-0.2, -0.15) is 5.26 Å². The molecule has 0 spiro atoms. The molecule has 3 rings (SSSR count). The van der Waals surface area contributed by atoms with Crippen molar-refractivity contribution < 1.29 is 24.2 Å². The number of benzene rings is 2. The monoisotopic (exact) mass is 423 g/mol. The first-order valence-corrected chi connectivity index (χ1v) is 9.24. The Hall–Kier alpha value is -4.13. The largest absolute Gasteiger partial charge is 0.468 e. The van der Waals surface area contributed by atoms with Gasteiger partial charge in [-0.3, -0.25) is 29.8 Å². The molecule has 10 nitrogen and oxygen atoms in total. The quantitative estimate of drug-likeness (QED) is 0.403. The molecular formula is C21H17N3O7. The second-order valence-corrected chi connectivity index (χ2v) is 7.23. The third-order valence-electron chi connectivity index (χ3n) is 5.64. The van der Waals surface area contributed by atoms with Gasteiger partial charge in [-0.1, -0.05) is 24.3 Å². The number of nitro benzene ring substituents is 2. The summed E-state index contributed by atoms with van der Waals surface area (Å²) in [5, 5.41) is 32.7. The molecule has 31 heavy (non-hydrogen) atoms. The van der Waals surface area contributed by atoms with Gasteiger partial charge in [-0.05, 0) is 11.1 Å². The molecule has 1 saturated carbocycles. The SMILES string of the molecule is COC(=O)C1(C#N)[C@@H](c2cccc([N+](=O)[O-])c2)CC(=O)C[C@H]1c1cccc([N+](=O)[O-])c1. The highest BCUT2D eigenvalue weighted by Crippen LogP contribution is 2.55. The summed E-state index contributed by atoms with van der Waals surface area (Å²) < 4.78 is 4.94. The van der Waals surface area contributed by atoms with E-state index in [4.69, 9.17) is 4.74 Å². The Morgan fingerprint density at radius 3 is 1.84 bits per heavy atom. The van der Waals surface area contributed by atoms with Gasteiger partial charge in [-0.25, -0.2) is 0 Å². The van der Waals surface area contributed by atoms with Crippen LogP contribution in [0.3, 0.4) is 0 Å². The van der Waals surface area contributed by atoms with E-state index < -0.39 is 33.1 Å². The smallest absolute Gasteiger partial charge is 0.327 e. The number of esters is 1. The van der Waals surface area contributed by atoms with E-state index in [-0.39, 0.29) is 41.1 Å². The van der Waals surface area contributed by atoms with E-state index >= 15 is 0 Å². The molecule has 0 radical (unpaired) electrons. The molecule has 1 aliphatic carbocycles. The first-order chi connectivity index (χ1) is 14.7. The number of nitrogens with zero attached hydrogens (tertiary/aromatic N) is 3. The zero-order valence-electron chi connectivity index (χ0n) is 16.4. The zero-order chi connectivity index (χ0) is 22.8. The van der Waals surface area contributed by atoms with Crippen molar-refractivity contribution in [3.05, 3.63) is 79.9 Å². The fourth-order valence-corrected chi connectivity index (χ4v) is 4.23. The van der Waals surface area contributed by atoms with Crippen molar-refractivity contribution >= 4 is 23.1 Å². The van der Waals surface area contributed by atoms with Gasteiger partial charge < -0.3 is 4.74 Å². The lowest BCUT2D eigenvalue weighted by molar-refractivity contribution is -0.385. The minimum absolute atomic E-state index is 0.199. The van der Waals surface area contributed by atoms with E-state index in [0.29, 0.717) is 0 Å². The van der Waals surface area contributed by atoms with Crippen LogP contribution in [-0.4, -0.2) is 28.7 Å². The average molecular weight is 423 g/mol. The van der Waals surface area contributed by atoms with Crippen LogP contribution in [0.25, 0.3) is 0 Å². The molecule has 0 amide bonds. The Kier molecular flexibility index (Phi) is 5.79. The molecule has 0 aliphatic heterocycles. The molecule has 0 bridgehead atoms. The predicted octanol–water partition coefficient (Wildman–Crippen LogP) is 3.42. The van der Waals surface area contributed by atoms with E-state index in [1.807, 2.05) is 6.07 Å². The molecule has 0 aromatic heterocycles. The van der Waals surface area contributed by atoms with Crippen LogP contribution < -0.4 is 0 Å². The van der Waals surface area contributed by atoms with Crippen LogP contribution in [0.5, 0.6) is 0 Å². The summed E-state index contributed by atoms with van der Waals surface area (Å²) in [7, 11) is 1.10. The lowest BCUT2D eigenvalue weighted by Gasteiger charge is -2.42. The van der Waals surface area contributed by atoms with Gasteiger partial charge in [0, 0.05) is 48.9 Å². The van der Waals surface area contributed by atoms with Gasteiger partial charge in [0.15, 0.2) is 5.41 Å². The minimum atomic E-state index is -1.91. The number of non-ortho nitro benzene ring substituents is 2. The van der Waals surface area contributed by atoms with Crippen LogP contribution in [-0.2, 0) is 14.3 Å². The summed E-state index contributed by atoms with van der Waals surface area (Å²) in [5.41, 5.74) is -1.87. The number of rotatable bonds is 5. The van der Waals surface area contributed by atoms with E-state index in [2.05, 4.69) is 0 Å². The molecule has 0 N–H and O–H groups in total. The van der Waals surface area contributed by atoms with Gasteiger partial charge in [0.2, 0.25) is 0 Å². The summed E-state index contributed by atoms with van der Waals surface area (Å²) in [4.78, 5) is 46.9. The van der Waals surface area contributed by atoms with E-state index in [0.717, 1.165) is 7.11 Å². The molecule has 2 aromatic rings. The van der Waals surface area contributed by atoms with Crippen LogP contribution in [0.1, 0.15) is 35.8 Å². The van der Waals surface area contributed by atoms with E-state index in [1.165, 1.54) is 48.5 Å². The highest BCUT2D eigenvalue weighted by Gasteiger charge is 2.58. The van der Waals surface area contributed by atoms with Crippen LogP contribution in [0.2, 0.25) is 0 Å². The number of carbonyl (C=O) groups excluding carboxylic acids is 2. The second kappa shape index (κ2) is 8.31. The summed E-state index contributed by atoms with van der Waals surface area (Å²) >= 11 is 0. The van der Waals surface area contributed by atoms with Crippen molar-refractivity contribution in [3.8, 4) is 6.07 Å². The average Bonchev–Trinajstić information content (AvgIpc) is 2.78. The summed E-state index contributed by atoms with van der Waals surface area (Å²) in [5.74, 6) is -3.25. The number of hydrogen-bond acceptors (Lipinski definition) is 8. The molecule has 3 atom stereocenters. The maximum Gasteiger partial charge on any atom is 0.327 e. The van der Waals surface area contributed by atoms with Gasteiger partial charge >= 0.3 is 5.97 Å². The van der Waals surface area contributed by atoms with E-state index in [9.17, 15) is 35.1 Å². The summed E-state index contributed by atoms with van der Waals surface area (Å²) in [6, 6.07) is 12.8. The van der Waals surface area contributed by atoms with Crippen LogP contribution in [0.15, 0.2) is 48.5 Å². The van der Waals surface area contributed by atoms with Crippen LogP contribution in [0, 0.1) is 37.0 Å². The number of ketones is 1. The number of nitro groups is 2. The third kappa shape index (κ3) is 3.73. The minimum Gasteiger partial charge on any atom is -0.468 e. The Labute approximate surface area is 176 Å². The van der Waals surface area contributed by atoms with Crippen molar-refractivity contribution in [2.45, 2.75) is 24.7 Å². The maximum atomic E-state index is 13.0. The van der Waals surface area contributed by atoms with Crippen molar-refractivity contribution in [2.75, 3.05) is 7.11 Å². The number of Topliss-reactive ketones (excluding diaryl/α,β-unsaturated/α-hetero) is 1. The van der Waals surface area contributed by atoms with Gasteiger partial charge in [0.05, 0.1) is 23.0 Å². The first-order valence-electron chi connectivity index (χ1n) is 9.24. The van der Waals surface area contributed by atoms with Gasteiger partial charge in [0.25, 0.3) is 11.4 Å². The Bertz CT molecular complexity index is 1050. The van der Waals surface area contributed by atoms with Gasteiger partial charge in [0.1, 0.15) is 5.78 Å². The Balaban J connectivity index is 2.25. The van der Waals surface area contributed by atoms with Crippen molar-refractivity contribution in [1.29, 1.82) is 5.26 Å². The second-order valence-electron chi connectivity index (χ2n) is 7.23. The molecule has 1 unspecified atom stereocenters. The highest BCUT2D eigenvalue weighted by molar-refractivity contribution is 5.90. The lowest BCUT2D eigenvalue weighted by Crippen LogP contribution is -2.47.